The van der Waals surface area contributed by atoms with E-state index in [0.717, 1.165) is 43.7 Å². The Kier molecular flexibility index (Phi) is 4.90. The summed E-state index contributed by atoms with van der Waals surface area (Å²) in [4.78, 5) is 13.0. The van der Waals surface area contributed by atoms with Crippen molar-refractivity contribution >= 4 is 45.7 Å². The second kappa shape index (κ2) is 6.56. The largest absolute Gasteiger partial charge is 0.368 e. The molecule has 4 N–H and O–H groups in total. The summed E-state index contributed by atoms with van der Waals surface area (Å²) in [6.45, 7) is 8.85. The van der Waals surface area contributed by atoms with E-state index >= 15 is 0 Å². The van der Waals surface area contributed by atoms with Crippen LogP contribution in [0.15, 0.2) is 0 Å². The quantitative estimate of drug-likeness (QED) is 0.791. The summed E-state index contributed by atoms with van der Waals surface area (Å²) in [7, 11) is 0. The molecule has 5 nitrogen and oxygen atoms in total. The Labute approximate surface area is 159 Å². The van der Waals surface area contributed by atoms with E-state index in [1.165, 1.54) is 21.6 Å². The lowest BCUT2D eigenvalue weighted by Gasteiger charge is -2.33. The van der Waals surface area contributed by atoms with Crippen LogP contribution in [0.2, 0.25) is 0 Å². The van der Waals surface area contributed by atoms with Gasteiger partial charge in [-0.05, 0) is 42.6 Å². The van der Waals surface area contributed by atoms with Gasteiger partial charge in [0.2, 0.25) is 5.95 Å². The minimum absolute atomic E-state index is 0. The Bertz CT molecular complexity index is 782. The molecular weight excluding hydrogens is 354 g/mol. The van der Waals surface area contributed by atoms with Crippen LogP contribution in [-0.2, 0) is 12.8 Å². The predicted octanol–water partition coefficient (Wildman–Crippen LogP) is 3.38. The molecule has 4 rings (SSSR count). The van der Waals surface area contributed by atoms with Crippen molar-refractivity contribution in [1.29, 1.82) is 0 Å². The van der Waals surface area contributed by atoms with Gasteiger partial charge in [0, 0.05) is 24.0 Å². The van der Waals surface area contributed by atoms with E-state index in [2.05, 4.69) is 35.6 Å². The number of hydrogen-bond donors (Lipinski definition) is 2. The normalized spacial score (nSPS) is 23.6. The minimum Gasteiger partial charge on any atom is -0.368 e. The van der Waals surface area contributed by atoms with Gasteiger partial charge >= 0.3 is 0 Å². The highest BCUT2D eigenvalue weighted by Crippen LogP contribution is 2.45. The fraction of sp³-hybridized carbons (Fsp3) is 0.667. The smallest absolute Gasteiger partial charge is 0.222 e. The number of aromatic nitrogens is 2. The standard InChI is InChI=1S/C18H27N5S.ClH/c1-18(2,3)10-4-5-13-12(8-10)14-15(24-13)16(22-17(20)21-14)23-7-6-11(19)9-23;/h10-11H,4-9,19H2,1-3H3,(H2,20,21,22);1H/t10?,11-;/m1./s1. The van der Waals surface area contributed by atoms with E-state index in [1.54, 1.807) is 0 Å². The lowest BCUT2D eigenvalue weighted by molar-refractivity contribution is 0.217. The summed E-state index contributed by atoms with van der Waals surface area (Å²) in [6.07, 6.45) is 4.53. The van der Waals surface area contributed by atoms with Crippen molar-refractivity contribution in [3.05, 3.63) is 10.4 Å². The van der Waals surface area contributed by atoms with Crippen LogP contribution in [0.3, 0.4) is 0 Å². The maximum Gasteiger partial charge on any atom is 0.222 e. The van der Waals surface area contributed by atoms with Gasteiger partial charge in [0.05, 0.1) is 10.2 Å². The third-order valence-corrected chi connectivity index (χ3v) is 6.91. The lowest BCUT2D eigenvalue weighted by atomic mass is 9.72. The van der Waals surface area contributed by atoms with Crippen LogP contribution < -0.4 is 16.4 Å². The summed E-state index contributed by atoms with van der Waals surface area (Å²) in [5.74, 6) is 2.08. The highest BCUT2D eigenvalue weighted by molar-refractivity contribution is 7.19. The van der Waals surface area contributed by atoms with Crippen LogP contribution >= 0.6 is 23.7 Å². The van der Waals surface area contributed by atoms with Gasteiger partial charge in [-0.25, -0.2) is 4.98 Å². The second-order valence-corrected chi connectivity index (χ2v) is 9.49. The van der Waals surface area contributed by atoms with Gasteiger partial charge in [0.15, 0.2) is 5.82 Å². The third-order valence-electron chi connectivity index (χ3n) is 5.63. The van der Waals surface area contributed by atoms with Gasteiger partial charge in [-0.2, -0.15) is 4.98 Å². The molecule has 0 aromatic carbocycles. The molecule has 1 unspecified atom stereocenters. The van der Waals surface area contributed by atoms with Gasteiger partial charge in [-0.1, -0.05) is 20.8 Å². The fourth-order valence-electron chi connectivity index (χ4n) is 4.07. The molecule has 1 saturated heterocycles. The summed E-state index contributed by atoms with van der Waals surface area (Å²) in [5, 5.41) is 0. The zero-order chi connectivity index (χ0) is 17.1. The SMILES string of the molecule is CC(C)(C)C1CCc2sc3c(N4CC[C@@H](N)C4)nc(N)nc3c2C1.Cl. The highest BCUT2D eigenvalue weighted by Gasteiger charge is 2.33. The zero-order valence-electron chi connectivity index (χ0n) is 15.2. The summed E-state index contributed by atoms with van der Waals surface area (Å²) >= 11 is 1.87. The molecule has 1 aliphatic carbocycles. The van der Waals surface area contributed by atoms with E-state index in [-0.39, 0.29) is 18.4 Å². The maximum atomic E-state index is 6.10. The highest BCUT2D eigenvalue weighted by atomic mass is 35.5. The first kappa shape index (κ1) is 18.7. The van der Waals surface area contributed by atoms with Crippen LogP contribution in [0.1, 0.15) is 44.1 Å². The van der Waals surface area contributed by atoms with Crippen LogP contribution in [0, 0.1) is 11.3 Å². The van der Waals surface area contributed by atoms with E-state index < -0.39 is 0 Å². The lowest BCUT2D eigenvalue weighted by Crippen LogP contribution is -2.27. The van der Waals surface area contributed by atoms with Crippen molar-refractivity contribution in [2.45, 2.75) is 52.5 Å². The molecule has 0 radical (unpaired) electrons. The second-order valence-electron chi connectivity index (χ2n) is 8.39. The van der Waals surface area contributed by atoms with Crippen LogP contribution in [0.4, 0.5) is 11.8 Å². The Morgan fingerprint density at radius 2 is 1.96 bits per heavy atom. The first-order valence-electron chi connectivity index (χ1n) is 8.91. The molecular formula is C18H28ClN5S. The molecule has 2 aliphatic rings. The maximum absolute atomic E-state index is 6.10. The molecule has 25 heavy (non-hydrogen) atoms. The van der Waals surface area contributed by atoms with E-state index in [4.69, 9.17) is 11.5 Å². The number of fused-ring (bicyclic) bond motifs is 3. The van der Waals surface area contributed by atoms with Crippen molar-refractivity contribution in [1.82, 2.24) is 9.97 Å². The molecule has 1 fully saturated rings. The summed E-state index contributed by atoms with van der Waals surface area (Å²) < 4.78 is 1.21. The molecule has 2 aromatic heterocycles. The number of hydrogen-bond acceptors (Lipinski definition) is 6. The first-order valence-corrected chi connectivity index (χ1v) is 9.73. The summed E-state index contributed by atoms with van der Waals surface area (Å²) in [6, 6.07) is 0.232. The molecule has 0 amide bonds. The molecule has 0 spiro atoms. The number of nitrogens with two attached hydrogens (primary N) is 2. The molecule has 2 aromatic rings. The molecule has 0 saturated carbocycles. The molecule has 3 heterocycles. The van der Waals surface area contributed by atoms with Crippen LogP contribution in [-0.4, -0.2) is 29.1 Å². The van der Waals surface area contributed by atoms with Gasteiger partial charge in [0.25, 0.3) is 0 Å². The van der Waals surface area contributed by atoms with Crippen molar-refractivity contribution < 1.29 is 0 Å². The van der Waals surface area contributed by atoms with Gasteiger partial charge in [-0.3, -0.25) is 0 Å². The summed E-state index contributed by atoms with van der Waals surface area (Å²) in [5.41, 5.74) is 15.0. The van der Waals surface area contributed by atoms with E-state index in [1.807, 2.05) is 11.3 Å². The van der Waals surface area contributed by atoms with E-state index in [0.29, 0.717) is 17.3 Å². The average molecular weight is 382 g/mol. The number of halogens is 1. The van der Waals surface area contributed by atoms with E-state index in [9.17, 15) is 0 Å². The number of thiophene rings is 1. The predicted molar refractivity (Wildman–Crippen MR) is 109 cm³/mol. The van der Waals surface area contributed by atoms with Gasteiger partial charge in [0.1, 0.15) is 0 Å². The molecule has 138 valence electrons. The van der Waals surface area contributed by atoms with Crippen LogP contribution in [0.5, 0.6) is 0 Å². The topological polar surface area (TPSA) is 81.1 Å². The molecule has 0 bridgehead atoms. The van der Waals surface area contributed by atoms with Crippen molar-refractivity contribution in [2.75, 3.05) is 23.7 Å². The minimum atomic E-state index is 0. The Balaban J connectivity index is 0.00000182. The number of anilines is 2. The molecule has 1 aliphatic heterocycles. The average Bonchev–Trinajstić information content (AvgIpc) is 3.09. The number of nitrogen functional groups attached to an aromatic ring is 1. The van der Waals surface area contributed by atoms with Gasteiger partial charge in [-0.15, -0.1) is 23.7 Å². The Morgan fingerprint density at radius 3 is 2.60 bits per heavy atom. The van der Waals surface area contributed by atoms with Crippen molar-refractivity contribution in [2.24, 2.45) is 17.1 Å². The number of nitrogens with zero attached hydrogens (tertiary/aromatic N) is 3. The van der Waals surface area contributed by atoms with Crippen molar-refractivity contribution in [3.63, 3.8) is 0 Å². The molecule has 7 heteroatoms. The monoisotopic (exact) mass is 381 g/mol. The zero-order valence-corrected chi connectivity index (χ0v) is 16.8. The third kappa shape index (κ3) is 3.32. The Morgan fingerprint density at radius 1 is 1.20 bits per heavy atom. The van der Waals surface area contributed by atoms with Crippen LogP contribution in [0.25, 0.3) is 10.2 Å². The van der Waals surface area contributed by atoms with Crippen molar-refractivity contribution in [3.8, 4) is 0 Å². The molecule has 2 atom stereocenters. The number of rotatable bonds is 1. The number of aryl methyl sites for hydroxylation is 1. The Hall–Kier alpha value is -1.11. The van der Waals surface area contributed by atoms with Gasteiger partial charge < -0.3 is 16.4 Å². The first-order chi connectivity index (χ1) is 11.3. The fourth-order valence-corrected chi connectivity index (χ4v) is 5.37.